The Morgan fingerprint density at radius 3 is 2.76 bits per heavy atom. The maximum absolute atomic E-state index is 11.9. The molecular weight excluding hydrogens is 218 g/mol. The monoisotopic (exact) mass is 237 g/mol. The van der Waals surface area contributed by atoms with Crippen LogP contribution in [0, 0.1) is 5.92 Å². The zero-order valence-corrected chi connectivity index (χ0v) is 10.3. The number of nitrogens with one attached hydrogen (secondary N) is 2. The quantitative estimate of drug-likeness (QED) is 0.818. The maximum Gasteiger partial charge on any atom is 0.229 e. The highest BCUT2D eigenvalue weighted by Crippen LogP contribution is 2.19. The van der Waals surface area contributed by atoms with Gasteiger partial charge in [0.15, 0.2) is 0 Å². The molecule has 0 aromatic carbocycles. The smallest absolute Gasteiger partial charge is 0.229 e. The van der Waals surface area contributed by atoms with E-state index in [1.807, 2.05) is 0 Å². The summed E-state index contributed by atoms with van der Waals surface area (Å²) in [6.07, 6.45) is 3.22. The van der Waals surface area contributed by atoms with Crippen LogP contribution in [0.2, 0.25) is 0 Å². The Kier molecular flexibility index (Phi) is 3.73. The number of carbonyl (C=O) groups is 1. The van der Waals surface area contributed by atoms with Crippen molar-refractivity contribution in [2.24, 2.45) is 5.92 Å². The number of hydrogen-bond donors (Lipinski definition) is 2. The van der Waals surface area contributed by atoms with Gasteiger partial charge in [0, 0.05) is 12.0 Å². The lowest BCUT2D eigenvalue weighted by Crippen LogP contribution is -2.41. The Morgan fingerprint density at radius 1 is 1.53 bits per heavy atom. The van der Waals surface area contributed by atoms with Gasteiger partial charge in [0.05, 0.1) is 0 Å². The number of aromatic amines is 1. The van der Waals surface area contributed by atoms with Crippen molar-refractivity contribution in [1.82, 2.24) is 20.1 Å². The van der Waals surface area contributed by atoms with Gasteiger partial charge in [0.25, 0.3) is 0 Å². The van der Waals surface area contributed by atoms with Crippen molar-refractivity contribution >= 4 is 11.9 Å². The van der Waals surface area contributed by atoms with Gasteiger partial charge >= 0.3 is 0 Å². The first-order valence-electron chi connectivity index (χ1n) is 6.07. The van der Waals surface area contributed by atoms with Crippen LogP contribution in [-0.2, 0) is 4.79 Å². The first-order chi connectivity index (χ1) is 8.16. The Bertz CT molecular complexity index is 354. The number of piperidine rings is 1. The van der Waals surface area contributed by atoms with Crippen LogP contribution in [0.3, 0.4) is 0 Å². The summed E-state index contributed by atoms with van der Waals surface area (Å²) >= 11 is 0. The number of anilines is 1. The third-order valence-electron chi connectivity index (χ3n) is 3.29. The Morgan fingerprint density at radius 2 is 2.24 bits per heavy atom. The minimum atomic E-state index is 0.0464. The van der Waals surface area contributed by atoms with E-state index >= 15 is 0 Å². The van der Waals surface area contributed by atoms with Gasteiger partial charge in [0.2, 0.25) is 11.9 Å². The van der Waals surface area contributed by atoms with Crippen molar-refractivity contribution in [1.29, 1.82) is 0 Å². The highest BCUT2D eigenvalue weighted by Gasteiger charge is 2.26. The highest BCUT2D eigenvalue weighted by molar-refractivity contribution is 5.90. The number of hydrogen-bond acceptors (Lipinski definition) is 4. The summed E-state index contributed by atoms with van der Waals surface area (Å²) in [5.41, 5.74) is 0. The molecule has 0 radical (unpaired) electrons. The van der Waals surface area contributed by atoms with E-state index in [-0.39, 0.29) is 11.8 Å². The standard InChI is InChI=1S/C11H19N5O/c1-8(2)16-5-3-9(4-6-16)10(17)14-11-12-7-13-15-11/h7-9H,3-6H2,1-2H3,(H2,12,13,14,15,17). The fourth-order valence-electron chi connectivity index (χ4n) is 2.16. The second-order valence-electron chi connectivity index (χ2n) is 4.73. The van der Waals surface area contributed by atoms with Crippen LogP contribution in [0.5, 0.6) is 0 Å². The molecule has 0 unspecified atom stereocenters. The van der Waals surface area contributed by atoms with Crippen LogP contribution in [0.25, 0.3) is 0 Å². The average molecular weight is 237 g/mol. The zero-order valence-electron chi connectivity index (χ0n) is 10.3. The summed E-state index contributed by atoms with van der Waals surface area (Å²) in [5.74, 6) is 0.571. The summed E-state index contributed by atoms with van der Waals surface area (Å²) in [6, 6.07) is 0.563. The van der Waals surface area contributed by atoms with Gasteiger partial charge in [-0.15, -0.1) is 0 Å². The number of amides is 1. The predicted octanol–water partition coefficient (Wildman–Crippen LogP) is 0.864. The topological polar surface area (TPSA) is 73.9 Å². The van der Waals surface area contributed by atoms with Crippen molar-refractivity contribution in [2.45, 2.75) is 32.7 Å². The summed E-state index contributed by atoms with van der Waals surface area (Å²) in [7, 11) is 0. The lowest BCUT2D eigenvalue weighted by atomic mass is 9.95. The minimum absolute atomic E-state index is 0.0464. The molecule has 6 nitrogen and oxygen atoms in total. The fourth-order valence-corrected chi connectivity index (χ4v) is 2.16. The lowest BCUT2D eigenvalue weighted by Gasteiger charge is -2.33. The molecule has 2 heterocycles. The van der Waals surface area contributed by atoms with E-state index in [0.29, 0.717) is 12.0 Å². The molecule has 2 N–H and O–H groups in total. The second kappa shape index (κ2) is 5.27. The molecule has 0 bridgehead atoms. The van der Waals surface area contributed by atoms with E-state index < -0.39 is 0 Å². The van der Waals surface area contributed by atoms with Crippen LogP contribution in [-0.4, -0.2) is 45.1 Å². The molecule has 2 rings (SSSR count). The van der Waals surface area contributed by atoms with Crippen molar-refractivity contribution in [3.8, 4) is 0 Å². The highest BCUT2D eigenvalue weighted by atomic mass is 16.2. The molecule has 0 spiro atoms. The molecule has 1 aromatic heterocycles. The Balaban J connectivity index is 1.82. The fraction of sp³-hybridized carbons (Fsp3) is 0.727. The van der Waals surface area contributed by atoms with Crippen LogP contribution in [0.15, 0.2) is 6.33 Å². The van der Waals surface area contributed by atoms with Crippen LogP contribution in [0.1, 0.15) is 26.7 Å². The number of likely N-dealkylation sites (tertiary alicyclic amines) is 1. The van der Waals surface area contributed by atoms with Gasteiger partial charge in [0.1, 0.15) is 6.33 Å². The third kappa shape index (κ3) is 3.03. The van der Waals surface area contributed by atoms with Crippen LogP contribution in [0.4, 0.5) is 5.95 Å². The van der Waals surface area contributed by atoms with E-state index in [1.165, 1.54) is 6.33 Å². The molecule has 0 atom stereocenters. The van der Waals surface area contributed by atoms with Crippen molar-refractivity contribution in [3.63, 3.8) is 0 Å². The van der Waals surface area contributed by atoms with Crippen molar-refractivity contribution < 1.29 is 4.79 Å². The first kappa shape index (κ1) is 12.0. The van der Waals surface area contributed by atoms with Gasteiger partial charge in [-0.1, -0.05) is 0 Å². The van der Waals surface area contributed by atoms with Crippen LogP contribution < -0.4 is 5.32 Å². The Labute approximate surface area is 101 Å². The average Bonchev–Trinajstić information content (AvgIpc) is 2.82. The number of aromatic nitrogens is 3. The molecule has 1 aliphatic rings. The molecule has 94 valence electrons. The predicted molar refractivity (Wildman–Crippen MR) is 64.4 cm³/mol. The largest absolute Gasteiger partial charge is 0.301 e. The summed E-state index contributed by atoms with van der Waals surface area (Å²) < 4.78 is 0. The van der Waals surface area contributed by atoms with Crippen LogP contribution >= 0.6 is 0 Å². The molecule has 1 fully saturated rings. The number of rotatable bonds is 3. The summed E-state index contributed by atoms with van der Waals surface area (Å²) in [4.78, 5) is 18.2. The van der Waals surface area contributed by atoms with E-state index in [4.69, 9.17) is 0 Å². The molecule has 1 aromatic rings. The molecule has 1 amide bonds. The SMILES string of the molecule is CC(C)N1CCC(C(=O)Nc2ncn[nH]2)CC1. The number of H-pyrrole nitrogens is 1. The van der Waals surface area contributed by atoms with Gasteiger partial charge in [-0.25, -0.2) is 5.10 Å². The summed E-state index contributed by atoms with van der Waals surface area (Å²) in [6.45, 7) is 6.36. The Hall–Kier alpha value is -1.43. The molecule has 17 heavy (non-hydrogen) atoms. The van der Waals surface area contributed by atoms with Gasteiger partial charge < -0.3 is 4.90 Å². The van der Waals surface area contributed by atoms with E-state index in [2.05, 4.69) is 39.2 Å². The number of nitrogens with zero attached hydrogens (tertiary/aromatic N) is 3. The van der Waals surface area contributed by atoms with Crippen molar-refractivity contribution in [2.75, 3.05) is 18.4 Å². The normalized spacial score (nSPS) is 18.5. The maximum atomic E-state index is 11.9. The number of carbonyl (C=O) groups excluding carboxylic acids is 1. The molecule has 1 saturated heterocycles. The molecule has 0 aliphatic carbocycles. The van der Waals surface area contributed by atoms with E-state index in [9.17, 15) is 4.79 Å². The second-order valence-corrected chi connectivity index (χ2v) is 4.73. The molecule has 1 aliphatic heterocycles. The molecular formula is C11H19N5O. The van der Waals surface area contributed by atoms with Gasteiger partial charge in [-0.3, -0.25) is 10.1 Å². The minimum Gasteiger partial charge on any atom is -0.301 e. The van der Waals surface area contributed by atoms with Gasteiger partial charge in [-0.2, -0.15) is 10.1 Å². The molecule has 0 saturated carbocycles. The zero-order chi connectivity index (χ0) is 12.3. The first-order valence-corrected chi connectivity index (χ1v) is 6.07. The van der Waals surface area contributed by atoms with Crippen molar-refractivity contribution in [3.05, 3.63) is 6.33 Å². The summed E-state index contributed by atoms with van der Waals surface area (Å²) in [5, 5.41) is 9.08. The van der Waals surface area contributed by atoms with E-state index in [0.717, 1.165) is 25.9 Å². The van der Waals surface area contributed by atoms with E-state index in [1.54, 1.807) is 0 Å². The van der Waals surface area contributed by atoms with Gasteiger partial charge in [-0.05, 0) is 39.8 Å². The lowest BCUT2D eigenvalue weighted by molar-refractivity contribution is -0.121. The third-order valence-corrected chi connectivity index (χ3v) is 3.29. The molecule has 6 heteroatoms.